The minimum atomic E-state index is -0.672. The van der Waals surface area contributed by atoms with Crippen molar-refractivity contribution in [2.75, 3.05) is 13.7 Å². The Bertz CT molecular complexity index is 1600. The van der Waals surface area contributed by atoms with Crippen molar-refractivity contribution in [2.45, 2.75) is 13.0 Å². The number of esters is 1. The van der Waals surface area contributed by atoms with Crippen molar-refractivity contribution in [1.29, 1.82) is 0 Å². The third-order valence-corrected chi connectivity index (χ3v) is 6.89. The zero-order valence-corrected chi connectivity index (χ0v) is 20.7. The Morgan fingerprint density at radius 1 is 1.00 bits per heavy atom. The van der Waals surface area contributed by atoms with Crippen LogP contribution in [0.5, 0.6) is 5.75 Å². The van der Waals surface area contributed by atoms with E-state index in [0.29, 0.717) is 20.6 Å². The fourth-order valence-corrected chi connectivity index (χ4v) is 5.24. The molecule has 0 aliphatic carbocycles. The fourth-order valence-electron chi connectivity index (χ4n) is 4.24. The summed E-state index contributed by atoms with van der Waals surface area (Å²) in [5.74, 6) is 0.252. The molecule has 0 saturated heterocycles. The summed E-state index contributed by atoms with van der Waals surface area (Å²) in [4.78, 5) is 32.5. The van der Waals surface area contributed by atoms with Crippen LogP contribution in [-0.4, -0.2) is 24.3 Å². The van der Waals surface area contributed by atoms with E-state index in [1.807, 2.05) is 91.0 Å². The predicted octanol–water partition coefficient (Wildman–Crippen LogP) is 3.94. The van der Waals surface area contributed by atoms with Gasteiger partial charge in [0.05, 0.1) is 35.6 Å². The van der Waals surface area contributed by atoms with Crippen LogP contribution in [0.2, 0.25) is 0 Å². The third-order valence-electron chi connectivity index (χ3n) is 5.90. The standard InChI is InChI=1S/C29H24N2O4S/c1-3-35-28(33)24-25(20-10-6-4-7-11-20)30-29-31(26(24)21-12-8-5-9-13-21)27(32)23(36-29)18-19-14-16-22(34-2)17-15-19/h4-18,26H,3H2,1-2H3/b23-18+. The quantitative estimate of drug-likeness (QED) is 0.379. The second-order valence-electron chi connectivity index (χ2n) is 8.12. The monoisotopic (exact) mass is 496 g/mol. The summed E-state index contributed by atoms with van der Waals surface area (Å²) in [6.45, 7) is 1.98. The number of thiazole rings is 1. The van der Waals surface area contributed by atoms with Crippen molar-refractivity contribution in [3.8, 4) is 5.75 Å². The van der Waals surface area contributed by atoms with Gasteiger partial charge < -0.3 is 9.47 Å². The van der Waals surface area contributed by atoms with Gasteiger partial charge in [0.2, 0.25) is 0 Å². The highest BCUT2D eigenvalue weighted by Crippen LogP contribution is 2.35. The summed E-state index contributed by atoms with van der Waals surface area (Å²) in [5.41, 5.74) is 3.11. The molecule has 1 aromatic heterocycles. The molecule has 0 N–H and O–H groups in total. The molecule has 0 spiro atoms. The Morgan fingerprint density at radius 3 is 2.31 bits per heavy atom. The predicted molar refractivity (Wildman–Crippen MR) is 140 cm³/mol. The molecule has 5 rings (SSSR count). The molecule has 1 atom stereocenters. The van der Waals surface area contributed by atoms with Crippen LogP contribution in [0.25, 0.3) is 11.8 Å². The molecule has 180 valence electrons. The third kappa shape index (κ3) is 4.41. The number of rotatable bonds is 6. The summed E-state index contributed by atoms with van der Waals surface area (Å²) in [6.07, 6.45) is 1.83. The lowest BCUT2D eigenvalue weighted by molar-refractivity contribution is -0.138. The molecule has 36 heavy (non-hydrogen) atoms. The smallest absolute Gasteiger partial charge is 0.338 e. The van der Waals surface area contributed by atoms with Crippen LogP contribution in [0.3, 0.4) is 0 Å². The zero-order valence-electron chi connectivity index (χ0n) is 19.9. The van der Waals surface area contributed by atoms with Crippen LogP contribution < -0.4 is 19.6 Å². The Hall–Kier alpha value is -4.23. The second kappa shape index (κ2) is 10.2. The minimum absolute atomic E-state index is 0.211. The molecule has 0 radical (unpaired) electrons. The molecule has 1 aliphatic rings. The molecule has 2 heterocycles. The SMILES string of the molecule is CCOC(=O)C1=C(c2ccccc2)N=c2s/c(=C/c3ccc(OC)cc3)c(=O)n2C1c1ccccc1. The van der Waals surface area contributed by atoms with Gasteiger partial charge in [-0.2, -0.15) is 0 Å². The molecule has 3 aromatic carbocycles. The van der Waals surface area contributed by atoms with Gasteiger partial charge in [-0.3, -0.25) is 9.36 Å². The summed E-state index contributed by atoms with van der Waals surface area (Å²) in [6, 6.07) is 25.9. The molecule has 6 nitrogen and oxygen atoms in total. The maximum atomic E-state index is 13.8. The molecule has 1 unspecified atom stereocenters. The normalized spacial score (nSPS) is 15.3. The van der Waals surface area contributed by atoms with Gasteiger partial charge in [0.15, 0.2) is 4.80 Å². The lowest BCUT2D eigenvalue weighted by Gasteiger charge is -2.25. The first kappa shape index (κ1) is 23.5. The van der Waals surface area contributed by atoms with Gasteiger partial charge in [0.1, 0.15) is 5.75 Å². The van der Waals surface area contributed by atoms with Crippen LogP contribution in [0, 0.1) is 0 Å². The summed E-state index contributed by atoms with van der Waals surface area (Å²) < 4.78 is 12.8. The van der Waals surface area contributed by atoms with E-state index in [4.69, 9.17) is 14.5 Å². The first-order chi connectivity index (χ1) is 17.6. The van der Waals surface area contributed by atoms with Crippen molar-refractivity contribution in [3.63, 3.8) is 0 Å². The number of methoxy groups -OCH3 is 1. The molecular formula is C29H24N2O4S. The van der Waals surface area contributed by atoms with Gasteiger partial charge in [0, 0.05) is 5.56 Å². The fraction of sp³-hybridized carbons (Fsp3) is 0.138. The van der Waals surface area contributed by atoms with Gasteiger partial charge in [-0.15, -0.1) is 0 Å². The Kier molecular flexibility index (Phi) is 6.64. The highest BCUT2D eigenvalue weighted by atomic mass is 32.1. The highest BCUT2D eigenvalue weighted by Gasteiger charge is 2.35. The molecule has 0 saturated carbocycles. The molecule has 0 bridgehead atoms. The summed E-state index contributed by atoms with van der Waals surface area (Å²) >= 11 is 1.30. The van der Waals surface area contributed by atoms with E-state index in [1.165, 1.54) is 11.3 Å². The van der Waals surface area contributed by atoms with Crippen molar-refractivity contribution in [2.24, 2.45) is 4.99 Å². The first-order valence-electron chi connectivity index (χ1n) is 11.6. The van der Waals surface area contributed by atoms with E-state index in [-0.39, 0.29) is 12.2 Å². The second-order valence-corrected chi connectivity index (χ2v) is 9.12. The van der Waals surface area contributed by atoms with Crippen LogP contribution in [0.4, 0.5) is 0 Å². The maximum Gasteiger partial charge on any atom is 0.338 e. The lowest BCUT2D eigenvalue weighted by Crippen LogP contribution is -2.39. The molecule has 7 heteroatoms. The number of benzene rings is 3. The Balaban J connectivity index is 1.79. The number of aromatic nitrogens is 1. The van der Waals surface area contributed by atoms with E-state index in [1.54, 1.807) is 18.6 Å². The number of carbonyl (C=O) groups is 1. The number of fused-ring (bicyclic) bond motifs is 1. The molecule has 4 aromatic rings. The largest absolute Gasteiger partial charge is 0.497 e. The van der Waals surface area contributed by atoms with Gasteiger partial charge >= 0.3 is 5.97 Å². The highest BCUT2D eigenvalue weighted by molar-refractivity contribution is 7.07. The summed E-state index contributed by atoms with van der Waals surface area (Å²) in [5, 5.41) is 0. The van der Waals surface area contributed by atoms with Gasteiger partial charge in [-0.25, -0.2) is 9.79 Å². The number of ether oxygens (including phenoxy) is 2. The number of hydrogen-bond acceptors (Lipinski definition) is 6. The first-order valence-corrected chi connectivity index (χ1v) is 12.4. The van der Waals surface area contributed by atoms with Crippen molar-refractivity contribution >= 4 is 29.1 Å². The maximum absolute atomic E-state index is 13.8. The molecule has 0 amide bonds. The van der Waals surface area contributed by atoms with E-state index in [0.717, 1.165) is 22.4 Å². The number of hydrogen-bond donors (Lipinski definition) is 0. The Labute approximate surface area is 212 Å². The average molecular weight is 497 g/mol. The van der Waals surface area contributed by atoms with Crippen LogP contribution in [0.1, 0.15) is 29.7 Å². The van der Waals surface area contributed by atoms with Gasteiger partial charge in [-0.05, 0) is 36.3 Å². The van der Waals surface area contributed by atoms with Crippen molar-refractivity contribution in [3.05, 3.63) is 127 Å². The van der Waals surface area contributed by atoms with Gasteiger partial charge in [-0.1, -0.05) is 84.1 Å². The minimum Gasteiger partial charge on any atom is -0.497 e. The molecule has 0 fully saturated rings. The number of nitrogens with zero attached hydrogens (tertiary/aromatic N) is 2. The van der Waals surface area contributed by atoms with Crippen LogP contribution in [0.15, 0.2) is 100 Å². The van der Waals surface area contributed by atoms with Crippen LogP contribution in [-0.2, 0) is 9.53 Å². The van der Waals surface area contributed by atoms with Gasteiger partial charge in [0.25, 0.3) is 5.56 Å². The van der Waals surface area contributed by atoms with E-state index in [9.17, 15) is 9.59 Å². The Morgan fingerprint density at radius 2 is 1.67 bits per heavy atom. The summed E-state index contributed by atoms with van der Waals surface area (Å²) in [7, 11) is 1.61. The lowest BCUT2D eigenvalue weighted by atomic mass is 9.93. The van der Waals surface area contributed by atoms with E-state index >= 15 is 0 Å². The van der Waals surface area contributed by atoms with Crippen molar-refractivity contribution in [1.82, 2.24) is 4.57 Å². The van der Waals surface area contributed by atoms with Crippen LogP contribution >= 0.6 is 11.3 Å². The average Bonchev–Trinajstić information content (AvgIpc) is 3.23. The molecular weight excluding hydrogens is 472 g/mol. The molecule has 1 aliphatic heterocycles. The number of carbonyl (C=O) groups excluding carboxylic acids is 1. The topological polar surface area (TPSA) is 69.9 Å². The van der Waals surface area contributed by atoms with Crippen molar-refractivity contribution < 1.29 is 14.3 Å². The zero-order chi connectivity index (χ0) is 25.1. The van der Waals surface area contributed by atoms with E-state index in [2.05, 4.69) is 0 Å². The van der Waals surface area contributed by atoms with E-state index < -0.39 is 12.0 Å².